The van der Waals surface area contributed by atoms with Crippen LogP contribution in [0.3, 0.4) is 0 Å². The van der Waals surface area contributed by atoms with Crippen molar-refractivity contribution in [3.05, 3.63) is 34.1 Å². The Morgan fingerprint density at radius 2 is 2.39 bits per heavy atom. The molecule has 0 bridgehead atoms. The number of aliphatic hydroxyl groups is 1. The molecule has 1 aliphatic heterocycles. The van der Waals surface area contributed by atoms with Gasteiger partial charge in [0.25, 0.3) is 5.91 Å². The van der Waals surface area contributed by atoms with E-state index < -0.39 is 11.4 Å². The van der Waals surface area contributed by atoms with Gasteiger partial charge in [-0.3, -0.25) is 4.79 Å². The van der Waals surface area contributed by atoms with Crippen molar-refractivity contribution >= 4 is 33.6 Å². The molecular weight excluding hydrogens is 321 g/mol. The number of rotatable bonds is 3. The summed E-state index contributed by atoms with van der Waals surface area (Å²) in [4.78, 5) is 11.9. The molecule has 0 unspecified atom stereocenters. The first-order valence-electron chi connectivity index (χ1n) is 5.54. The molecule has 1 fully saturated rings. The molecule has 0 aliphatic carbocycles. The van der Waals surface area contributed by atoms with Crippen molar-refractivity contribution in [1.82, 2.24) is 5.32 Å². The number of amides is 1. The van der Waals surface area contributed by atoms with Gasteiger partial charge < -0.3 is 10.4 Å². The van der Waals surface area contributed by atoms with Gasteiger partial charge >= 0.3 is 0 Å². The van der Waals surface area contributed by atoms with Crippen molar-refractivity contribution in [3.63, 3.8) is 0 Å². The van der Waals surface area contributed by atoms with Gasteiger partial charge in [0.2, 0.25) is 0 Å². The second-order valence-corrected chi connectivity index (χ2v) is 6.29. The average molecular weight is 334 g/mol. The van der Waals surface area contributed by atoms with E-state index in [1.165, 1.54) is 18.2 Å². The van der Waals surface area contributed by atoms with E-state index in [4.69, 9.17) is 0 Å². The largest absolute Gasteiger partial charge is 0.387 e. The van der Waals surface area contributed by atoms with E-state index in [1.807, 2.05) is 0 Å². The number of halogens is 2. The third-order valence-electron chi connectivity index (χ3n) is 2.84. The predicted molar refractivity (Wildman–Crippen MR) is 73.3 cm³/mol. The Kier molecular flexibility index (Phi) is 4.29. The van der Waals surface area contributed by atoms with E-state index in [2.05, 4.69) is 21.2 Å². The standard InChI is InChI=1S/C12H13BrFNO2S/c13-10-5-8(14)1-2-9(10)11(16)15-6-12(17)3-4-18-7-12/h1-2,5,17H,3-4,6-7H2,(H,15,16)/t12-/m0/s1. The molecule has 1 aliphatic rings. The zero-order valence-electron chi connectivity index (χ0n) is 9.58. The van der Waals surface area contributed by atoms with Crippen LogP contribution in [-0.4, -0.2) is 34.7 Å². The summed E-state index contributed by atoms with van der Waals surface area (Å²) in [6.07, 6.45) is 0.683. The van der Waals surface area contributed by atoms with Crippen LogP contribution in [0.25, 0.3) is 0 Å². The number of carbonyl (C=O) groups excluding carboxylic acids is 1. The highest BCUT2D eigenvalue weighted by Crippen LogP contribution is 2.27. The van der Waals surface area contributed by atoms with Crippen LogP contribution in [0.4, 0.5) is 4.39 Å². The molecule has 3 nitrogen and oxygen atoms in total. The van der Waals surface area contributed by atoms with E-state index in [0.29, 0.717) is 22.2 Å². The lowest BCUT2D eigenvalue weighted by Gasteiger charge is -2.21. The van der Waals surface area contributed by atoms with Gasteiger partial charge in [-0.2, -0.15) is 11.8 Å². The predicted octanol–water partition coefficient (Wildman–Crippen LogP) is 2.19. The van der Waals surface area contributed by atoms with Crippen molar-refractivity contribution in [2.75, 3.05) is 18.1 Å². The zero-order valence-corrected chi connectivity index (χ0v) is 12.0. The van der Waals surface area contributed by atoms with Crippen LogP contribution in [0.2, 0.25) is 0 Å². The molecule has 1 saturated heterocycles. The highest BCUT2D eigenvalue weighted by atomic mass is 79.9. The molecule has 18 heavy (non-hydrogen) atoms. The SMILES string of the molecule is O=C(NC[C@@]1(O)CCSC1)c1ccc(F)cc1Br. The third kappa shape index (κ3) is 3.24. The van der Waals surface area contributed by atoms with E-state index >= 15 is 0 Å². The van der Waals surface area contributed by atoms with Gasteiger partial charge in [0.1, 0.15) is 5.82 Å². The first-order chi connectivity index (χ1) is 8.50. The third-order valence-corrected chi connectivity index (χ3v) is 4.73. The number of carbonyl (C=O) groups is 1. The van der Waals surface area contributed by atoms with Crippen molar-refractivity contribution in [2.45, 2.75) is 12.0 Å². The molecule has 0 spiro atoms. The molecular formula is C12H13BrFNO2S. The molecule has 0 radical (unpaired) electrons. The minimum absolute atomic E-state index is 0.225. The van der Waals surface area contributed by atoms with Crippen molar-refractivity contribution < 1.29 is 14.3 Å². The van der Waals surface area contributed by atoms with Gasteiger partial charge in [0.05, 0.1) is 11.2 Å². The molecule has 6 heteroatoms. The van der Waals surface area contributed by atoms with Crippen LogP contribution in [0, 0.1) is 5.82 Å². The fourth-order valence-electron chi connectivity index (χ4n) is 1.75. The van der Waals surface area contributed by atoms with Crippen LogP contribution in [0.15, 0.2) is 22.7 Å². The Balaban J connectivity index is 1.99. The minimum Gasteiger partial charge on any atom is -0.387 e. The van der Waals surface area contributed by atoms with Gasteiger partial charge in [-0.15, -0.1) is 0 Å². The molecule has 0 saturated carbocycles. The Morgan fingerprint density at radius 3 is 3.00 bits per heavy atom. The number of hydrogen-bond donors (Lipinski definition) is 2. The summed E-state index contributed by atoms with van der Waals surface area (Å²) in [6.45, 7) is 0.225. The van der Waals surface area contributed by atoms with E-state index in [9.17, 15) is 14.3 Å². The van der Waals surface area contributed by atoms with Crippen molar-refractivity contribution in [3.8, 4) is 0 Å². The lowest BCUT2D eigenvalue weighted by Crippen LogP contribution is -2.43. The highest BCUT2D eigenvalue weighted by Gasteiger charge is 2.32. The fourth-order valence-corrected chi connectivity index (χ4v) is 3.58. The number of benzene rings is 1. The molecule has 2 N–H and O–H groups in total. The quantitative estimate of drug-likeness (QED) is 0.891. The van der Waals surface area contributed by atoms with E-state index in [1.54, 1.807) is 11.8 Å². The van der Waals surface area contributed by atoms with Gasteiger partial charge in [-0.05, 0) is 46.3 Å². The normalized spacial score (nSPS) is 23.1. The Morgan fingerprint density at radius 1 is 1.61 bits per heavy atom. The monoisotopic (exact) mass is 333 g/mol. The molecule has 1 atom stereocenters. The van der Waals surface area contributed by atoms with E-state index in [0.717, 1.165) is 5.75 Å². The maximum atomic E-state index is 12.9. The Labute approximate surface area is 117 Å². The smallest absolute Gasteiger partial charge is 0.252 e. The molecule has 0 aromatic heterocycles. The number of nitrogens with one attached hydrogen (secondary N) is 1. The fraction of sp³-hybridized carbons (Fsp3) is 0.417. The van der Waals surface area contributed by atoms with Crippen LogP contribution >= 0.6 is 27.7 Å². The maximum Gasteiger partial charge on any atom is 0.252 e. The van der Waals surface area contributed by atoms with E-state index in [-0.39, 0.29) is 12.5 Å². The first-order valence-corrected chi connectivity index (χ1v) is 7.48. The molecule has 1 aromatic rings. The van der Waals surface area contributed by atoms with Crippen molar-refractivity contribution in [1.29, 1.82) is 0 Å². The Hall–Kier alpha value is -0.590. The van der Waals surface area contributed by atoms with Gasteiger partial charge in [0, 0.05) is 16.8 Å². The van der Waals surface area contributed by atoms with Crippen molar-refractivity contribution in [2.24, 2.45) is 0 Å². The zero-order chi connectivity index (χ0) is 13.2. The number of thioether (sulfide) groups is 1. The molecule has 1 aromatic carbocycles. The molecule has 2 rings (SSSR count). The van der Waals surface area contributed by atoms with Crippen LogP contribution in [0.5, 0.6) is 0 Å². The molecule has 1 amide bonds. The minimum atomic E-state index is -0.813. The maximum absolute atomic E-state index is 12.9. The second kappa shape index (κ2) is 5.59. The summed E-state index contributed by atoms with van der Waals surface area (Å²) >= 11 is 4.82. The average Bonchev–Trinajstić information content (AvgIpc) is 2.74. The second-order valence-electron chi connectivity index (χ2n) is 4.33. The van der Waals surface area contributed by atoms with Crippen LogP contribution in [-0.2, 0) is 0 Å². The van der Waals surface area contributed by atoms with Gasteiger partial charge in [0.15, 0.2) is 0 Å². The summed E-state index contributed by atoms with van der Waals surface area (Å²) in [5, 5.41) is 12.8. The summed E-state index contributed by atoms with van der Waals surface area (Å²) in [5.74, 6) is 0.834. The lowest BCUT2D eigenvalue weighted by molar-refractivity contribution is 0.0612. The lowest BCUT2D eigenvalue weighted by atomic mass is 10.0. The summed E-state index contributed by atoms with van der Waals surface area (Å²) in [5.41, 5.74) is -0.446. The highest BCUT2D eigenvalue weighted by molar-refractivity contribution is 9.10. The molecule has 98 valence electrons. The van der Waals surface area contributed by atoms with Gasteiger partial charge in [-0.25, -0.2) is 4.39 Å². The molecule has 1 heterocycles. The summed E-state index contributed by atoms with van der Waals surface area (Å²) < 4.78 is 13.3. The Bertz CT molecular complexity index is 463. The first kappa shape index (κ1) is 13.8. The topological polar surface area (TPSA) is 49.3 Å². The summed E-state index contributed by atoms with van der Waals surface area (Å²) in [6, 6.07) is 3.90. The van der Waals surface area contributed by atoms with Gasteiger partial charge in [-0.1, -0.05) is 0 Å². The van der Waals surface area contributed by atoms with Crippen LogP contribution < -0.4 is 5.32 Å². The summed E-state index contributed by atoms with van der Waals surface area (Å²) in [7, 11) is 0. The number of hydrogen-bond acceptors (Lipinski definition) is 3. The van der Waals surface area contributed by atoms with Crippen LogP contribution in [0.1, 0.15) is 16.8 Å².